The van der Waals surface area contributed by atoms with Crippen molar-refractivity contribution in [1.82, 2.24) is 14.9 Å². The number of likely N-dealkylation sites (N-methyl/N-ethyl adjacent to an activating group) is 1. The van der Waals surface area contributed by atoms with Gasteiger partial charge in [-0.1, -0.05) is 24.0 Å². The summed E-state index contributed by atoms with van der Waals surface area (Å²) in [4.78, 5) is 33.2. The summed E-state index contributed by atoms with van der Waals surface area (Å²) in [5.41, 5.74) is 6.59. The van der Waals surface area contributed by atoms with Gasteiger partial charge in [-0.25, -0.2) is 9.97 Å². The Morgan fingerprint density at radius 1 is 1.33 bits per heavy atom. The number of anilines is 1. The van der Waals surface area contributed by atoms with Crippen LogP contribution in [0.25, 0.3) is 11.4 Å². The molecule has 0 aliphatic carbocycles. The monoisotopic (exact) mass is 367 g/mol. The van der Waals surface area contributed by atoms with Crippen LogP contribution >= 0.6 is 0 Å². The number of hydrogen-bond donors (Lipinski definition) is 3. The Morgan fingerprint density at radius 2 is 2.07 bits per heavy atom. The van der Waals surface area contributed by atoms with E-state index in [9.17, 15) is 14.7 Å². The topological polar surface area (TPSA) is 121 Å². The molecule has 0 saturated carbocycles. The number of rotatable bonds is 5. The molecule has 1 heterocycles. The first-order valence-corrected chi connectivity index (χ1v) is 8.27. The van der Waals surface area contributed by atoms with Crippen molar-refractivity contribution in [3.63, 3.8) is 0 Å². The number of nitrogens with two attached hydrogens (primary N) is 1. The first kappa shape index (κ1) is 19.9. The summed E-state index contributed by atoms with van der Waals surface area (Å²) in [7, 11) is 3.26. The van der Waals surface area contributed by atoms with Gasteiger partial charge in [-0.05, 0) is 19.1 Å². The molecule has 2 rings (SSSR count). The molecule has 2 amide bonds. The van der Waals surface area contributed by atoms with Gasteiger partial charge in [-0.15, -0.1) is 0 Å². The van der Waals surface area contributed by atoms with E-state index in [-0.39, 0.29) is 5.69 Å². The average Bonchev–Trinajstić information content (AvgIpc) is 2.70. The molecule has 140 valence electrons. The number of aliphatic hydroxyl groups excluding tert-OH is 1. The summed E-state index contributed by atoms with van der Waals surface area (Å²) >= 11 is 0. The van der Waals surface area contributed by atoms with E-state index in [1.165, 1.54) is 11.0 Å². The van der Waals surface area contributed by atoms with Crippen LogP contribution in [0.4, 0.5) is 5.82 Å². The van der Waals surface area contributed by atoms with E-state index in [0.29, 0.717) is 29.3 Å². The molecular weight excluding hydrogens is 346 g/mol. The third-order valence-corrected chi connectivity index (χ3v) is 3.79. The van der Waals surface area contributed by atoms with Gasteiger partial charge in [-0.2, -0.15) is 0 Å². The van der Waals surface area contributed by atoms with Crippen LogP contribution in [0, 0.1) is 11.8 Å². The fourth-order valence-corrected chi connectivity index (χ4v) is 2.14. The van der Waals surface area contributed by atoms with Gasteiger partial charge in [0.1, 0.15) is 11.5 Å². The van der Waals surface area contributed by atoms with Gasteiger partial charge in [0.2, 0.25) is 0 Å². The predicted octanol–water partition coefficient (Wildman–Crippen LogP) is 0.475. The van der Waals surface area contributed by atoms with Crippen LogP contribution in [0.2, 0.25) is 0 Å². The molecule has 0 aliphatic heterocycles. The van der Waals surface area contributed by atoms with Gasteiger partial charge in [-0.3, -0.25) is 9.59 Å². The standard InChI is InChI=1S/C19H21N5O3/c1-4-24(3)19(27)15(25)9-8-12-6-5-7-13(10-12)18-22-14(17(20)26)11-16(21-2)23-18/h5-7,10-11,15,25H,4H2,1-3H3,(H2,20,26)(H,21,22,23). The summed E-state index contributed by atoms with van der Waals surface area (Å²) in [5.74, 6) is 4.94. The molecule has 0 aliphatic rings. The van der Waals surface area contributed by atoms with Crippen LogP contribution in [-0.2, 0) is 4.79 Å². The minimum Gasteiger partial charge on any atom is -0.373 e. The Labute approximate surface area is 157 Å². The van der Waals surface area contributed by atoms with E-state index >= 15 is 0 Å². The highest BCUT2D eigenvalue weighted by Crippen LogP contribution is 2.19. The number of aromatic nitrogens is 2. The molecule has 2 aromatic rings. The van der Waals surface area contributed by atoms with Gasteiger partial charge in [0.25, 0.3) is 11.8 Å². The molecule has 1 aromatic heterocycles. The van der Waals surface area contributed by atoms with Crippen molar-refractivity contribution in [3.05, 3.63) is 41.6 Å². The van der Waals surface area contributed by atoms with Crippen molar-refractivity contribution < 1.29 is 14.7 Å². The maximum atomic E-state index is 11.9. The van der Waals surface area contributed by atoms with E-state index in [0.717, 1.165) is 0 Å². The first-order chi connectivity index (χ1) is 12.8. The Kier molecular flexibility index (Phi) is 6.46. The third kappa shape index (κ3) is 5.03. The lowest BCUT2D eigenvalue weighted by molar-refractivity contribution is -0.135. The maximum Gasteiger partial charge on any atom is 0.267 e. The summed E-state index contributed by atoms with van der Waals surface area (Å²) in [6.07, 6.45) is -1.40. The van der Waals surface area contributed by atoms with Crippen LogP contribution in [0.5, 0.6) is 0 Å². The molecule has 8 heteroatoms. The molecule has 1 atom stereocenters. The predicted molar refractivity (Wildman–Crippen MR) is 102 cm³/mol. The van der Waals surface area contributed by atoms with Crippen molar-refractivity contribution in [1.29, 1.82) is 0 Å². The number of primary amides is 1. The minimum atomic E-state index is -1.40. The summed E-state index contributed by atoms with van der Waals surface area (Å²) < 4.78 is 0. The van der Waals surface area contributed by atoms with Crippen molar-refractivity contribution >= 4 is 17.6 Å². The third-order valence-electron chi connectivity index (χ3n) is 3.79. The molecule has 0 spiro atoms. The van der Waals surface area contributed by atoms with E-state index in [2.05, 4.69) is 27.1 Å². The quantitative estimate of drug-likeness (QED) is 0.661. The number of benzene rings is 1. The highest BCUT2D eigenvalue weighted by Gasteiger charge is 2.15. The van der Waals surface area contributed by atoms with E-state index in [1.54, 1.807) is 45.3 Å². The lowest BCUT2D eigenvalue weighted by Crippen LogP contribution is -2.35. The number of amides is 2. The van der Waals surface area contributed by atoms with Crippen LogP contribution in [0.15, 0.2) is 30.3 Å². The second kappa shape index (κ2) is 8.78. The van der Waals surface area contributed by atoms with E-state index < -0.39 is 17.9 Å². The minimum absolute atomic E-state index is 0.0875. The maximum absolute atomic E-state index is 11.9. The van der Waals surface area contributed by atoms with E-state index in [4.69, 9.17) is 5.73 Å². The number of nitrogens with one attached hydrogen (secondary N) is 1. The zero-order valence-electron chi connectivity index (χ0n) is 15.4. The van der Waals surface area contributed by atoms with Crippen LogP contribution in [-0.4, -0.2) is 58.5 Å². The average molecular weight is 367 g/mol. The second-order valence-corrected chi connectivity index (χ2v) is 5.68. The summed E-state index contributed by atoms with van der Waals surface area (Å²) in [5, 5.41) is 12.7. The lowest BCUT2D eigenvalue weighted by Gasteiger charge is -2.15. The SMILES string of the molecule is CCN(C)C(=O)C(O)C#Cc1cccc(-c2nc(NC)cc(C(N)=O)n2)c1. The van der Waals surface area contributed by atoms with E-state index in [1.807, 2.05) is 0 Å². The zero-order chi connectivity index (χ0) is 20.0. The molecule has 0 radical (unpaired) electrons. The Balaban J connectivity index is 2.34. The van der Waals surface area contributed by atoms with Crippen LogP contribution in [0.3, 0.4) is 0 Å². The van der Waals surface area contributed by atoms with Crippen molar-refractivity contribution in [2.45, 2.75) is 13.0 Å². The van der Waals surface area contributed by atoms with Crippen LogP contribution in [0.1, 0.15) is 23.0 Å². The van der Waals surface area contributed by atoms with Crippen molar-refractivity contribution in [2.75, 3.05) is 26.0 Å². The van der Waals surface area contributed by atoms with Gasteiger partial charge >= 0.3 is 0 Å². The van der Waals surface area contributed by atoms with Gasteiger partial charge < -0.3 is 21.1 Å². The number of carbonyl (C=O) groups excluding carboxylic acids is 2. The molecular formula is C19H21N5O3. The highest BCUT2D eigenvalue weighted by atomic mass is 16.3. The van der Waals surface area contributed by atoms with Crippen LogP contribution < -0.4 is 11.1 Å². The number of carbonyl (C=O) groups is 2. The molecule has 0 bridgehead atoms. The first-order valence-electron chi connectivity index (χ1n) is 8.27. The summed E-state index contributed by atoms with van der Waals surface area (Å²) in [6, 6.07) is 8.39. The molecule has 0 fully saturated rings. The number of nitrogens with zero attached hydrogens (tertiary/aromatic N) is 3. The number of aliphatic hydroxyl groups is 1. The molecule has 8 nitrogen and oxygen atoms in total. The fraction of sp³-hybridized carbons (Fsp3) is 0.263. The molecule has 0 saturated heterocycles. The lowest BCUT2D eigenvalue weighted by atomic mass is 10.1. The largest absolute Gasteiger partial charge is 0.373 e. The smallest absolute Gasteiger partial charge is 0.267 e. The Hall–Kier alpha value is -3.44. The highest BCUT2D eigenvalue weighted by molar-refractivity contribution is 5.92. The zero-order valence-corrected chi connectivity index (χ0v) is 15.4. The molecule has 4 N–H and O–H groups in total. The Bertz CT molecular complexity index is 917. The van der Waals surface area contributed by atoms with Gasteiger partial charge in [0, 0.05) is 37.8 Å². The second-order valence-electron chi connectivity index (χ2n) is 5.68. The molecule has 1 unspecified atom stereocenters. The van der Waals surface area contributed by atoms with Gasteiger partial charge in [0.15, 0.2) is 11.9 Å². The normalized spacial score (nSPS) is 11.1. The van der Waals surface area contributed by atoms with Crippen molar-refractivity contribution in [3.8, 4) is 23.2 Å². The van der Waals surface area contributed by atoms with Crippen molar-refractivity contribution in [2.24, 2.45) is 5.73 Å². The summed E-state index contributed by atoms with van der Waals surface area (Å²) in [6.45, 7) is 2.29. The van der Waals surface area contributed by atoms with Gasteiger partial charge in [0.05, 0.1) is 0 Å². The Morgan fingerprint density at radius 3 is 2.70 bits per heavy atom. The molecule has 1 aromatic carbocycles. The fourth-order valence-electron chi connectivity index (χ4n) is 2.14. The molecule has 27 heavy (non-hydrogen) atoms. The number of hydrogen-bond acceptors (Lipinski definition) is 6.